The van der Waals surface area contributed by atoms with E-state index in [1.54, 1.807) is 4.68 Å². The first-order valence-corrected chi connectivity index (χ1v) is 6.29. The highest BCUT2D eigenvalue weighted by molar-refractivity contribution is 5.71. The SMILES string of the molecule is Cc1ccc(C)c(-c2cnn(C)c2CCC(=O)O)c1. The first-order chi connectivity index (χ1) is 8.99. The Bertz CT molecular complexity index is 615. The molecule has 2 aromatic rings. The number of nitrogens with zero attached hydrogens (tertiary/aromatic N) is 2. The van der Waals surface area contributed by atoms with Crippen LogP contribution in [0.4, 0.5) is 0 Å². The normalized spacial score (nSPS) is 10.7. The summed E-state index contributed by atoms with van der Waals surface area (Å²) in [4.78, 5) is 10.7. The number of benzene rings is 1. The summed E-state index contributed by atoms with van der Waals surface area (Å²) in [5.74, 6) is -0.784. The minimum Gasteiger partial charge on any atom is -0.481 e. The Labute approximate surface area is 112 Å². The number of aliphatic carboxylic acids is 1. The van der Waals surface area contributed by atoms with Crippen molar-refractivity contribution in [1.29, 1.82) is 0 Å². The zero-order valence-corrected chi connectivity index (χ0v) is 11.5. The second-order valence-corrected chi connectivity index (χ2v) is 4.84. The summed E-state index contributed by atoms with van der Waals surface area (Å²) in [6, 6.07) is 6.28. The number of carbonyl (C=O) groups is 1. The highest BCUT2D eigenvalue weighted by Gasteiger charge is 2.13. The Morgan fingerprint density at radius 1 is 1.32 bits per heavy atom. The molecule has 0 bridgehead atoms. The molecule has 1 aromatic heterocycles. The smallest absolute Gasteiger partial charge is 0.303 e. The predicted molar refractivity (Wildman–Crippen MR) is 74.1 cm³/mol. The van der Waals surface area contributed by atoms with Crippen molar-refractivity contribution in [3.8, 4) is 11.1 Å². The Morgan fingerprint density at radius 3 is 2.74 bits per heavy atom. The van der Waals surface area contributed by atoms with Crippen LogP contribution in [-0.4, -0.2) is 20.9 Å². The standard InChI is InChI=1S/C15H18N2O2/c1-10-4-5-11(2)12(8-10)13-9-16-17(3)14(13)6-7-15(18)19/h4-5,8-9H,6-7H2,1-3H3,(H,18,19). The van der Waals surface area contributed by atoms with Gasteiger partial charge in [0.25, 0.3) is 0 Å². The highest BCUT2D eigenvalue weighted by Crippen LogP contribution is 2.28. The van der Waals surface area contributed by atoms with E-state index in [2.05, 4.69) is 37.1 Å². The number of aryl methyl sites for hydroxylation is 3. The molecule has 0 aliphatic rings. The average Bonchev–Trinajstić information content (AvgIpc) is 2.71. The van der Waals surface area contributed by atoms with E-state index < -0.39 is 5.97 Å². The van der Waals surface area contributed by atoms with E-state index in [1.165, 1.54) is 11.1 Å². The van der Waals surface area contributed by atoms with Gasteiger partial charge in [0.15, 0.2) is 0 Å². The molecule has 4 heteroatoms. The molecule has 1 N–H and O–H groups in total. The molecule has 2 rings (SSSR count). The Morgan fingerprint density at radius 2 is 2.05 bits per heavy atom. The zero-order valence-electron chi connectivity index (χ0n) is 11.5. The molecule has 0 saturated heterocycles. The van der Waals surface area contributed by atoms with Crippen LogP contribution in [0.25, 0.3) is 11.1 Å². The second-order valence-electron chi connectivity index (χ2n) is 4.84. The summed E-state index contributed by atoms with van der Waals surface area (Å²) in [7, 11) is 1.85. The largest absolute Gasteiger partial charge is 0.481 e. The van der Waals surface area contributed by atoms with Gasteiger partial charge in [0.1, 0.15) is 0 Å². The minimum atomic E-state index is -0.784. The molecule has 0 spiro atoms. The van der Waals surface area contributed by atoms with Gasteiger partial charge < -0.3 is 5.11 Å². The molecule has 4 nitrogen and oxygen atoms in total. The molecule has 1 aromatic carbocycles. The van der Waals surface area contributed by atoms with E-state index in [9.17, 15) is 4.79 Å². The number of aromatic nitrogens is 2. The van der Waals surface area contributed by atoms with E-state index >= 15 is 0 Å². The van der Waals surface area contributed by atoms with E-state index in [0.29, 0.717) is 6.42 Å². The topological polar surface area (TPSA) is 55.1 Å². The molecule has 1 heterocycles. The number of rotatable bonds is 4. The van der Waals surface area contributed by atoms with Crippen molar-refractivity contribution in [2.24, 2.45) is 7.05 Å². The first-order valence-electron chi connectivity index (χ1n) is 6.29. The number of hydrogen-bond acceptors (Lipinski definition) is 2. The van der Waals surface area contributed by atoms with Gasteiger partial charge in [0.05, 0.1) is 12.6 Å². The highest BCUT2D eigenvalue weighted by atomic mass is 16.4. The quantitative estimate of drug-likeness (QED) is 0.917. The van der Waals surface area contributed by atoms with Crippen molar-refractivity contribution in [2.75, 3.05) is 0 Å². The van der Waals surface area contributed by atoms with Crippen LogP contribution in [0.5, 0.6) is 0 Å². The number of carboxylic acids is 1. The molecule has 100 valence electrons. The third-order valence-electron chi connectivity index (χ3n) is 3.32. The summed E-state index contributed by atoms with van der Waals surface area (Å²) in [5, 5.41) is 13.1. The van der Waals surface area contributed by atoms with Crippen molar-refractivity contribution in [3.05, 3.63) is 41.2 Å². The van der Waals surface area contributed by atoms with Gasteiger partial charge in [0.2, 0.25) is 0 Å². The fourth-order valence-electron chi connectivity index (χ4n) is 2.24. The lowest BCUT2D eigenvalue weighted by atomic mass is 9.97. The van der Waals surface area contributed by atoms with E-state index in [-0.39, 0.29) is 6.42 Å². The summed E-state index contributed by atoms with van der Waals surface area (Å²) < 4.78 is 1.76. The van der Waals surface area contributed by atoms with Crippen LogP contribution in [0.2, 0.25) is 0 Å². The predicted octanol–water partition coefficient (Wildman–Crippen LogP) is 2.72. The van der Waals surface area contributed by atoms with Crippen LogP contribution in [0, 0.1) is 13.8 Å². The van der Waals surface area contributed by atoms with Crippen LogP contribution in [0.15, 0.2) is 24.4 Å². The van der Waals surface area contributed by atoms with Crippen LogP contribution in [-0.2, 0) is 18.3 Å². The van der Waals surface area contributed by atoms with Crippen molar-refractivity contribution >= 4 is 5.97 Å². The summed E-state index contributed by atoms with van der Waals surface area (Å²) in [6.07, 6.45) is 2.44. The van der Waals surface area contributed by atoms with Gasteiger partial charge >= 0.3 is 5.97 Å². The fraction of sp³-hybridized carbons (Fsp3) is 0.333. The Hall–Kier alpha value is -2.10. The van der Waals surface area contributed by atoms with Crippen LogP contribution in [0.3, 0.4) is 0 Å². The van der Waals surface area contributed by atoms with Crippen molar-refractivity contribution < 1.29 is 9.90 Å². The Balaban J connectivity index is 2.44. The van der Waals surface area contributed by atoms with Gasteiger partial charge in [-0.05, 0) is 25.0 Å². The maximum Gasteiger partial charge on any atom is 0.303 e. The van der Waals surface area contributed by atoms with Gasteiger partial charge in [-0.2, -0.15) is 5.10 Å². The maximum atomic E-state index is 10.7. The molecular weight excluding hydrogens is 240 g/mol. The van der Waals surface area contributed by atoms with Gasteiger partial charge in [-0.25, -0.2) is 0 Å². The van der Waals surface area contributed by atoms with E-state index in [1.807, 2.05) is 13.2 Å². The van der Waals surface area contributed by atoms with E-state index in [4.69, 9.17) is 5.11 Å². The zero-order chi connectivity index (χ0) is 14.0. The summed E-state index contributed by atoms with van der Waals surface area (Å²) >= 11 is 0. The second kappa shape index (κ2) is 5.26. The van der Waals surface area contributed by atoms with Crippen LogP contribution >= 0.6 is 0 Å². The molecule has 0 fully saturated rings. The molecule has 19 heavy (non-hydrogen) atoms. The third-order valence-corrected chi connectivity index (χ3v) is 3.32. The lowest BCUT2D eigenvalue weighted by Gasteiger charge is -2.09. The van der Waals surface area contributed by atoms with Crippen molar-refractivity contribution in [2.45, 2.75) is 26.7 Å². The Kier molecular flexibility index (Phi) is 3.69. The summed E-state index contributed by atoms with van der Waals surface area (Å²) in [5.41, 5.74) is 5.50. The lowest BCUT2D eigenvalue weighted by molar-refractivity contribution is -0.136. The molecule has 0 radical (unpaired) electrons. The first kappa shape index (κ1) is 13.3. The number of hydrogen-bond donors (Lipinski definition) is 1. The lowest BCUT2D eigenvalue weighted by Crippen LogP contribution is -2.04. The summed E-state index contributed by atoms with van der Waals surface area (Å²) in [6.45, 7) is 4.11. The number of carboxylic acid groups (broad SMARTS) is 1. The molecular formula is C15H18N2O2. The third kappa shape index (κ3) is 2.84. The molecule has 0 atom stereocenters. The van der Waals surface area contributed by atoms with E-state index in [0.717, 1.165) is 16.8 Å². The monoisotopic (exact) mass is 258 g/mol. The minimum absolute atomic E-state index is 0.122. The maximum absolute atomic E-state index is 10.7. The molecule has 0 amide bonds. The fourth-order valence-corrected chi connectivity index (χ4v) is 2.24. The van der Waals surface area contributed by atoms with Gasteiger partial charge in [0, 0.05) is 24.7 Å². The van der Waals surface area contributed by atoms with Crippen molar-refractivity contribution in [1.82, 2.24) is 9.78 Å². The van der Waals surface area contributed by atoms with Crippen LogP contribution in [0.1, 0.15) is 23.2 Å². The average molecular weight is 258 g/mol. The van der Waals surface area contributed by atoms with Gasteiger partial charge in [-0.3, -0.25) is 9.48 Å². The van der Waals surface area contributed by atoms with Gasteiger partial charge in [-0.15, -0.1) is 0 Å². The van der Waals surface area contributed by atoms with Crippen molar-refractivity contribution in [3.63, 3.8) is 0 Å². The molecule has 0 aliphatic heterocycles. The molecule has 0 unspecified atom stereocenters. The molecule has 0 aliphatic carbocycles. The molecule has 0 saturated carbocycles. The van der Waals surface area contributed by atoms with Gasteiger partial charge in [-0.1, -0.05) is 23.8 Å². The van der Waals surface area contributed by atoms with Crippen LogP contribution < -0.4 is 0 Å².